The maximum atomic E-state index is 11.0. The lowest BCUT2D eigenvalue weighted by molar-refractivity contribution is 0.112. The minimum Gasteiger partial charge on any atom is -0.492 e. The van der Waals surface area contributed by atoms with Gasteiger partial charge in [0.05, 0.1) is 12.3 Å². The summed E-state index contributed by atoms with van der Waals surface area (Å²) < 4.78 is 7.68. The second-order valence-electron chi connectivity index (χ2n) is 5.88. The molecule has 6 nitrogen and oxygen atoms in total. The summed E-state index contributed by atoms with van der Waals surface area (Å²) in [6.07, 6.45) is 3.18. The highest BCUT2D eigenvalue weighted by molar-refractivity contribution is 7.15. The molecule has 4 rings (SSSR count). The number of aromatic nitrogens is 4. The van der Waals surface area contributed by atoms with Crippen LogP contribution >= 0.6 is 11.3 Å². The van der Waals surface area contributed by atoms with Gasteiger partial charge in [-0.05, 0) is 26.0 Å². The first kappa shape index (κ1) is 15.0. The van der Waals surface area contributed by atoms with Crippen molar-refractivity contribution in [2.75, 3.05) is 6.61 Å². The number of aldehydes is 1. The Bertz CT molecular complexity index is 913. The van der Waals surface area contributed by atoms with E-state index in [1.807, 2.05) is 10.7 Å². The molecule has 0 saturated heterocycles. The zero-order chi connectivity index (χ0) is 16.7. The summed E-state index contributed by atoms with van der Waals surface area (Å²) in [4.78, 5) is 21.4. The van der Waals surface area contributed by atoms with Crippen molar-refractivity contribution in [3.63, 3.8) is 0 Å². The Kier molecular flexibility index (Phi) is 3.65. The van der Waals surface area contributed by atoms with Gasteiger partial charge in [0.15, 0.2) is 10.8 Å². The number of hydrogen-bond acceptors (Lipinski definition) is 6. The normalized spacial score (nSPS) is 13.1. The fourth-order valence-electron chi connectivity index (χ4n) is 2.79. The van der Waals surface area contributed by atoms with Crippen LogP contribution in [0.4, 0.5) is 0 Å². The van der Waals surface area contributed by atoms with E-state index in [0.717, 1.165) is 34.8 Å². The van der Waals surface area contributed by atoms with E-state index in [9.17, 15) is 4.79 Å². The third-order valence-corrected chi connectivity index (χ3v) is 5.05. The SMILES string of the molecule is CC(C)n1ncnc1-c1nc2c(s1)CCOc1cc(C=O)ccc1-2. The van der Waals surface area contributed by atoms with Crippen molar-refractivity contribution in [3.8, 4) is 27.8 Å². The predicted octanol–water partition coefficient (Wildman–Crippen LogP) is 3.40. The summed E-state index contributed by atoms with van der Waals surface area (Å²) in [5.74, 6) is 1.50. The molecule has 3 aromatic rings. The van der Waals surface area contributed by atoms with Crippen molar-refractivity contribution in [2.45, 2.75) is 26.3 Å². The second kappa shape index (κ2) is 5.83. The van der Waals surface area contributed by atoms with Gasteiger partial charge in [0, 0.05) is 28.5 Å². The summed E-state index contributed by atoms with van der Waals surface area (Å²) in [7, 11) is 0. The van der Waals surface area contributed by atoms with Crippen molar-refractivity contribution in [1.82, 2.24) is 19.7 Å². The molecule has 7 heteroatoms. The average molecular weight is 340 g/mol. The van der Waals surface area contributed by atoms with Crippen molar-refractivity contribution in [3.05, 3.63) is 35.0 Å². The molecule has 2 aromatic heterocycles. The molecule has 3 heterocycles. The minimum atomic E-state index is 0.219. The molecule has 0 fully saturated rings. The molecule has 0 atom stereocenters. The first-order valence-corrected chi connectivity index (χ1v) is 8.61. The molecule has 0 aliphatic carbocycles. The Morgan fingerprint density at radius 3 is 3.04 bits per heavy atom. The van der Waals surface area contributed by atoms with Gasteiger partial charge in [-0.3, -0.25) is 4.79 Å². The fourth-order valence-corrected chi connectivity index (χ4v) is 3.83. The number of hydrogen-bond donors (Lipinski definition) is 0. The van der Waals surface area contributed by atoms with E-state index in [0.29, 0.717) is 17.9 Å². The summed E-state index contributed by atoms with van der Waals surface area (Å²) in [6.45, 7) is 4.71. The van der Waals surface area contributed by atoms with Crippen LogP contribution in [0.2, 0.25) is 0 Å². The molecule has 0 N–H and O–H groups in total. The van der Waals surface area contributed by atoms with Crippen molar-refractivity contribution < 1.29 is 9.53 Å². The van der Waals surface area contributed by atoms with Crippen LogP contribution in [-0.2, 0) is 6.42 Å². The zero-order valence-corrected chi connectivity index (χ0v) is 14.2. The lowest BCUT2D eigenvalue weighted by atomic mass is 10.1. The summed E-state index contributed by atoms with van der Waals surface area (Å²) in [5, 5.41) is 5.15. The largest absolute Gasteiger partial charge is 0.492 e. The molecular formula is C17H16N4O2S. The number of nitrogens with zero attached hydrogens (tertiary/aromatic N) is 4. The van der Waals surface area contributed by atoms with Crippen LogP contribution in [0.3, 0.4) is 0 Å². The van der Waals surface area contributed by atoms with E-state index < -0.39 is 0 Å². The van der Waals surface area contributed by atoms with Gasteiger partial charge in [0.2, 0.25) is 0 Å². The number of fused-ring (bicyclic) bond motifs is 3. The quantitative estimate of drug-likeness (QED) is 0.684. The Morgan fingerprint density at radius 2 is 2.25 bits per heavy atom. The first-order valence-electron chi connectivity index (χ1n) is 7.79. The molecule has 1 aromatic carbocycles. The predicted molar refractivity (Wildman–Crippen MR) is 91.5 cm³/mol. The molecule has 1 aliphatic rings. The van der Waals surface area contributed by atoms with Gasteiger partial charge < -0.3 is 4.74 Å². The molecule has 0 radical (unpaired) electrons. The number of thiazole rings is 1. The van der Waals surface area contributed by atoms with Crippen molar-refractivity contribution in [1.29, 1.82) is 0 Å². The molecule has 0 spiro atoms. The second-order valence-corrected chi connectivity index (χ2v) is 6.97. The third kappa shape index (κ3) is 2.41. The van der Waals surface area contributed by atoms with Gasteiger partial charge in [0.25, 0.3) is 0 Å². The van der Waals surface area contributed by atoms with Crippen LogP contribution in [-0.4, -0.2) is 32.6 Å². The van der Waals surface area contributed by atoms with Gasteiger partial charge in [0.1, 0.15) is 18.4 Å². The maximum Gasteiger partial charge on any atom is 0.187 e. The van der Waals surface area contributed by atoms with E-state index in [1.54, 1.807) is 29.8 Å². The van der Waals surface area contributed by atoms with Crippen LogP contribution in [0.1, 0.15) is 35.1 Å². The Balaban J connectivity index is 1.85. The van der Waals surface area contributed by atoms with E-state index in [4.69, 9.17) is 9.72 Å². The molecular weight excluding hydrogens is 324 g/mol. The van der Waals surface area contributed by atoms with Gasteiger partial charge in [-0.2, -0.15) is 5.10 Å². The van der Waals surface area contributed by atoms with Crippen LogP contribution in [0, 0.1) is 0 Å². The first-order chi connectivity index (χ1) is 11.7. The molecule has 0 saturated carbocycles. The van der Waals surface area contributed by atoms with Gasteiger partial charge in [-0.15, -0.1) is 11.3 Å². The average Bonchev–Trinajstić information content (AvgIpc) is 3.18. The van der Waals surface area contributed by atoms with E-state index in [2.05, 4.69) is 23.9 Å². The number of rotatable bonds is 3. The number of carbonyl (C=O) groups is 1. The number of benzene rings is 1. The molecule has 24 heavy (non-hydrogen) atoms. The van der Waals surface area contributed by atoms with Gasteiger partial charge in [-0.25, -0.2) is 14.6 Å². The van der Waals surface area contributed by atoms with Crippen molar-refractivity contribution in [2.24, 2.45) is 0 Å². The summed E-state index contributed by atoms with van der Waals surface area (Å²) >= 11 is 1.63. The Hall–Kier alpha value is -2.54. The highest BCUT2D eigenvalue weighted by Gasteiger charge is 2.23. The highest BCUT2D eigenvalue weighted by atomic mass is 32.1. The number of ether oxygens (including phenoxy) is 1. The summed E-state index contributed by atoms with van der Waals surface area (Å²) in [6, 6.07) is 5.68. The van der Waals surface area contributed by atoms with E-state index in [-0.39, 0.29) is 6.04 Å². The van der Waals surface area contributed by atoms with E-state index in [1.165, 1.54) is 4.88 Å². The lowest BCUT2D eigenvalue weighted by Gasteiger charge is -2.08. The van der Waals surface area contributed by atoms with Crippen LogP contribution in [0.5, 0.6) is 5.75 Å². The summed E-state index contributed by atoms with van der Waals surface area (Å²) in [5.41, 5.74) is 2.44. The highest BCUT2D eigenvalue weighted by Crippen LogP contribution is 2.40. The maximum absolute atomic E-state index is 11.0. The topological polar surface area (TPSA) is 69.9 Å². The lowest BCUT2D eigenvalue weighted by Crippen LogP contribution is -2.04. The smallest absolute Gasteiger partial charge is 0.187 e. The molecule has 122 valence electrons. The van der Waals surface area contributed by atoms with E-state index >= 15 is 0 Å². The van der Waals surface area contributed by atoms with Gasteiger partial charge in [-0.1, -0.05) is 6.07 Å². The van der Waals surface area contributed by atoms with Gasteiger partial charge >= 0.3 is 0 Å². The number of carbonyl (C=O) groups excluding carboxylic acids is 1. The molecule has 0 bridgehead atoms. The standard InChI is InChI=1S/C17H16N4O2S/c1-10(2)21-16(18-9-19-21)17-20-15-12-4-3-11(8-22)7-13(12)23-6-5-14(15)24-17/h3-4,7-10H,5-6H2,1-2H3. The molecule has 0 amide bonds. The molecule has 1 aliphatic heterocycles. The minimum absolute atomic E-state index is 0.219. The molecule has 0 unspecified atom stereocenters. The fraction of sp³-hybridized carbons (Fsp3) is 0.294. The monoisotopic (exact) mass is 340 g/mol. The Labute approximate surface area is 143 Å². The zero-order valence-electron chi connectivity index (χ0n) is 13.4. The van der Waals surface area contributed by atoms with Crippen LogP contribution < -0.4 is 4.74 Å². The van der Waals surface area contributed by atoms with Crippen molar-refractivity contribution >= 4 is 17.6 Å². The third-order valence-electron chi connectivity index (χ3n) is 3.93. The van der Waals surface area contributed by atoms with Crippen LogP contribution in [0.25, 0.3) is 22.1 Å². The Morgan fingerprint density at radius 1 is 1.38 bits per heavy atom. The van der Waals surface area contributed by atoms with Crippen LogP contribution in [0.15, 0.2) is 24.5 Å².